The second-order valence-electron chi connectivity index (χ2n) is 15.9. The molecular weight excluding hydrogens is 827 g/mol. The number of likely N-dealkylation sites (tertiary alicyclic amines) is 1. The van der Waals surface area contributed by atoms with Crippen LogP contribution in [-0.4, -0.2) is 125 Å². The van der Waals surface area contributed by atoms with Crippen molar-refractivity contribution < 1.29 is 52.1 Å². The molecule has 2 unspecified atom stereocenters. The van der Waals surface area contributed by atoms with Gasteiger partial charge in [-0.2, -0.15) is 0 Å². The van der Waals surface area contributed by atoms with Crippen LogP contribution in [-0.2, 0) is 44.8 Å². The molecule has 15 nitrogen and oxygen atoms in total. The standard InChI is InChI=1S/C44H58F2N6O9S/c1-44(2,3)42(36-24-31(33-25-32(45)10-11-34(33)46)27-50(36)26-30-8-5-4-6-9-30)52(18-7-16-47)41(57)29-62-28-35(43(58)59)49-38(54)15-20-60-22-23-61-21-17-48-37(53)14-19-51-39(55)12-13-40(51)56/h4-6,8-11,24-25,27,35,42H,7,12-23,26,28-29,47H2,1-3H3,(H,48,53)(H,49,54)(H,58,59). The van der Waals surface area contributed by atoms with Crippen LogP contribution in [0.2, 0.25) is 0 Å². The zero-order valence-electron chi connectivity index (χ0n) is 35.5. The predicted octanol–water partition coefficient (Wildman–Crippen LogP) is 4.13. The molecule has 2 heterocycles. The van der Waals surface area contributed by atoms with E-state index in [1.54, 1.807) is 17.2 Å². The molecule has 1 fully saturated rings. The maximum Gasteiger partial charge on any atom is 0.327 e. The third-order valence-corrected chi connectivity index (χ3v) is 11.0. The van der Waals surface area contributed by atoms with Crippen molar-refractivity contribution >= 4 is 47.3 Å². The quantitative estimate of drug-likeness (QED) is 0.0668. The number of thioether (sulfide) groups is 1. The van der Waals surface area contributed by atoms with E-state index < -0.39 is 41.0 Å². The molecule has 62 heavy (non-hydrogen) atoms. The van der Waals surface area contributed by atoms with Crippen LogP contribution >= 0.6 is 11.8 Å². The average molecular weight is 885 g/mol. The number of nitrogens with zero attached hydrogens (tertiary/aromatic N) is 3. The fourth-order valence-electron chi connectivity index (χ4n) is 6.98. The van der Waals surface area contributed by atoms with Crippen molar-refractivity contribution in [3.63, 3.8) is 0 Å². The van der Waals surface area contributed by atoms with E-state index in [4.69, 9.17) is 15.2 Å². The van der Waals surface area contributed by atoms with E-state index in [1.807, 2.05) is 55.7 Å². The molecule has 5 amide bonds. The van der Waals surface area contributed by atoms with Gasteiger partial charge in [-0.25, -0.2) is 13.6 Å². The Kier molecular flexibility index (Phi) is 19.5. The van der Waals surface area contributed by atoms with Crippen molar-refractivity contribution in [1.29, 1.82) is 0 Å². The van der Waals surface area contributed by atoms with E-state index in [0.29, 0.717) is 30.8 Å². The summed E-state index contributed by atoms with van der Waals surface area (Å²) in [5.41, 5.74) is 7.56. The summed E-state index contributed by atoms with van der Waals surface area (Å²) in [5.74, 6) is -4.32. The molecule has 0 radical (unpaired) electrons. The maximum absolute atomic E-state index is 15.1. The lowest BCUT2D eigenvalue weighted by atomic mass is 9.83. The van der Waals surface area contributed by atoms with Crippen molar-refractivity contribution in [3.05, 3.63) is 83.7 Å². The van der Waals surface area contributed by atoms with Crippen LogP contribution in [0.15, 0.2) is 60.8 Å². The number of amides is 5. The van der Waals surface area contributed by atoms with Crippen LogP contribution in [0.4, 0.5) is 8.78 Å². The molecule has 3 aromatic rings. The first-order chi connectivity index (χ1) is 29.6. The molecule has 2 aromatic carbocycles. The van der Waals surface area contributed by atoms with E-state index in [0.717, 1.165) is 40.4 Å². The van der Waals surface area contributed by atoms with Crippen molar-refractivity contribution in [2.45, 2.75) is 71.5 Å². The second kappa shape index (κ2) is 24.5. The van der Waals surface area contributed by atoms with Crippen LogP contribution < -0.4 is 16.4 Å². The Morgan fingerprint density at radius 3 is 2.29 bits per heavy atom. The summed E-state index contributed by atoms with van der Waals surface area (Å²) in [6.07, 6.45) is 2.47. The van der Waals surface area contributed by atoms with Crippen LogP contribution in [0.3, 0.4) is 0 Å². The Morgan fingerprint density at radius 2 is 1.63 bits per heavy atom. The van der Waals surface area contributed by atoms with Gasteiger partial charge in [-0.05, 0) is 48.2 Å². The Labute approximate surface area is 365 Å². The Morgan fingerprint density at radius 1 is 0.935 bits per heavy atom. The lowest BCUT2D eigenvalue weighted by Crippen LogP contribution is -2.45. The number of aromatic nitrogens is 1. The summed E-state index contributed by atoms with van der Waals surface area (Å²) >= 11 is 1.07. The topological polar surface area (TPSA) is 203 Å². The fourth-order valence-corrected chi connectivity index (χ4v) is 7.90. The maximum atomic E-state index is 15.1. The van der Waals surface area contributed by atoms with Gasteiger partial charge in [0.25, 0.3) is 0 Å². The average Bonchev–Trinajstić information content (AvgIpc) is 3.78. The molecule has 0 bridgehead atoms. The largest absolute Gasteiger partial charge is 0.480 e. The number of halogens is 2. The number of carbonyl (C=O) groups excluding carboxylic acids is 5. The highest BCUT2D eigenvalue weighted by Gasteiger charge is 2.37. The van der Waals surface area contributed by atoms with Gasteiger partial charge in [0, 0.05) is 80.6 Å². The molecule has 0 spiro atoms. The highest BCUT2D eigenvalue weighted by atomic mass is 32.2. The first kappa shape index (κ1) is 49.5. The number of carboxylic acids is 1. The lowest BCUT2D eigenvalue weighted by molar-refractivity contribution is -0.141. The molecule has 0 saturated carbocycles. The smallest absolute Gasteiger partial charge is 0.327 e. The Balaban J connectivity index is 1.29. The fraction of sp³-hybridized carbons (Fsp3) is 0.500. The van der Waals surface area contributed by atoms with Crippen LogP contribution in [0.25, 0.3) is 11.1 Å². The molecule has 18 heteroatoms. The molecule has 1 aliphatic rings. The molecule has 0 aliphatic carbocycles. The zero-order valence-corrected chi connectivity index (χ0v) is 36.4. The number of benzene rings is 2. The van der Waals surface area contributed by atoms with Gasteiger partial charge < -0.3 is 40.4 Å². The summed E-state index contributed by atoms with van der Waals surface area (Å²) in [7, 11) is 0. The van der Waals surface area contributed by atoms with Gasteiger partial charge in [0.2, 0.25) is 29.5 Å². The highest BCUT2D eigenvalue weighted by molar-refractivity contribution is 8.00. The van der Waals surface area contributed by atoms with Crippen molar-refractivity contribution in [3.8, 4) is 11.1 Å². The third kappa shape index (κ3) is 15.3. The Bertz CT molecular complexity index is 1980. The minimum absolute atomic E-state index is 0.00169. The van der Waals surface area contributed by atoms with E-state index in [9.17, 15) is 38.3 Å². The summed E-state index contributed by atoms with van der Waals surface area (Å²) < 4.78 is 42.3. The number of imide groups is 1. The third-order valence-electron chi connectivity index (χ3n) is 9.98. The van der Waals surface area contributed by atoms with E-state index in [-0.39, 0.29) is 112 Å². The van der Waals surface area contributed by atoms with Crippen LogP contribution in [0, 0.1) is 17.0 Å². The number of carboxylic acid groups (broad SMARTS) is 1. The monoisotopic (exact) mass is 884 g/mol. The van der Waals surface area contributed by atoms with Gasteiger partial charge in [0.15, 0.2) is 0 Å². The van der Waals surface area contributed by atoms with Crippen molar-refractivity contribution in [1.82, 2.24) is 25.0 Å². The van der Waals surface area contributed by atoms with Gasteiger partial charge in [-0.1, -0.05) is 51.1 Å². The number of aliphatic carboxylic acids is 1. The summed E-state index contributed by atoms with van der Waals surface area (Å²) in [4.78, 5) is 77.0. The van der Waals surface area contributed by atoms with Gasteiger partial charge in [-0.15, -0.1) is 11.8 Å². The van der Waals surface area contributed by atoms with Crippen LogP contribution in [0.1, 0.15) is 70.2 Å². The number of nitrogens with two attached hydrogens (primary N) is 1. The van der Waals surface area contributed by atoms with Crippen molar-refractivity contribution in [2.24, 2.45) is 11.1 Å². The van der Waals surface area contributed by atoms with E-state index in [2.05, 4.69) is 10.6 Å². The summed E-state index contributed by atoms with van der Waals surface area (Å²) in [6.45, 7) is 7.73. The van der Waals surface area contributed by atoms with Gasteiger partial charge in [0.1, 0.15) is 17.7 Å². The van der Waals surface area contributed by atoms with E-state index in [1.165, 1.54) is 0 Å². The van der Waals surface area contributed by atoms with Gasteiger partial charge >= 0.3 is 5.97 Å². The number of hydrogen-bond acceptors (Lipinski definition) is 10. The summed E-state index contributed by atoms with van der Waals surface area (Å²) in [6, 6.07) is 12.9. The minimum Gasteiger partial charge on any atom is -0.480 e. The second-order valence-corrected chi connectivity index (χ2v) is 16.9. The van der Waals surface area contributed by atoms with Gasteiger partial charge in [0.05, 0.1) is 38.2 Å². The highest BCUT2D eigenvalue weighted by Crippen LogP contribution is 2.41. The molecular formula is C44H58F2N6O9S. The SMILES string of the molecule is CC(C)(C)C(c1cc(-c2cc(F)ccc2F)cn1Cc1ccccc1)N(CCCN)C(=O)CSCC(NC(=O)CCOCCOCCNC(=O)CCN1C(=O)CCC1=O)C(=O)O. The minimum atomic E-state index is -1.28. The number of hydrogen-bond donors (Lipinski definition) is 4. The predicted molar refractivity (Wildman–Crippen MR) is 230 cm³/mol. The van der Waals surface area contributed by atoms with E-state index >= 15 is 4.39 Å². The molecule has 338 valence electrons. The number of rotatable bonds is 26. The number of carbonyl (C=O) groups is 6. The molecule has 1 aliphatic heterocycles. The van der Waals surface area contributed by atoms with Gasteiger partial charge in [-0.3, -0.25) is 28.9 Å². The number of ether oxygens (including phenoxy) is 2. The first-order valence-corrected chi connectivity index (χ1v) is 21.8. The van der Waals surface area contributed by atoms with Crippen molar-refractivity contribution in [2.75, 3.05) is 64.1 Å². The van der Waals surface area contributed by atoms with Crippen LogP contribution in [0.5, 0.6) is 0 Å². The Hall–Kier alpha value is -5.17. The molecule has 1 aromatic heterocycles. The summed E-state index contributed by atoms with van der Waals surface area (Å²) in [5, 5.41) is 15.0. The lowest BCUT2D eigenvalue weighted by Gasteiger charge is -2.41. The molecule has 5 N–H and O–H groups in total. The molecule has 2 atom stereocenters. The normalized spacial score (nSPS) is 13.9. The number of nitrogens with one attached hydrogen (secondary N) is 2. The molecule has 1 saturated heterocycles. The zero-order chi connectivity index (χ0) is 45.2. The first-order valence-electron chi connectivity index (χ1n) is 20.6. The molecule has 4 rings (SSSR count).